The second kappa shape index (κ2) is 9.68. The largest absolute Gasteiger partial charge is 0.508 e. The highest BCUT2D eigenvalue weighted by Crippen LogP contribution is 2.14. The molecule has 0 saturated heterocycles. The zero-order chi connectivity index (χ0) is 13.9. The molecular weight excluding hydrogens is 238 g/mol. The van der Waals surface area contributed by atoms with Gasteiger partial charge in [-0.05, 0) is 30.7 Å². The third kappa shape index (κ3) is 7.73. The van der Waals surface area contributed by atoms with Crippen molar-refractivity contribution in [3.8, 4) is 5.75 Å². The minimum Gasteiger partial charge on any atom is -0.508 e. The van der Waals surface area contributed by atoms with E-state index in [0.717, 1.165) is 18.5 Å². The molecule has 0 fully saturated rings. The van der Waals surface area contributed by atoms with Crippen LogP contribution in [0.15, 0.2) is 24.3 Å². The molecule has 0 amide bonds. The molecule has 1 aromatic carbocycles. The van der Waals surface area contributed by atoms with Crippen LogP contribution < -0.4 is 5.32 Å². The summed E-state index contributed by atoms with van der Waals surface area (Å²) in [5, 5.41) is 22.2. The zero-order valence-corrected chi connectivity index (χ0v) is 11.9. The Hall–Kier alpha value is -1.22. The van der Waals surface area contributed by atoms with Crippen molar-refractivity contribution >= 4 is 5.69 Å². The molecule has 1 atom stereocenters. The minimum absolute atomic E-state index is 0.262. The lowest BCUT2D eigenvalue weighted by atomic mass is 10.1. The van der Waals surface area contributed by atoms with Crippen molar-refractivity contribution in [2.75, 3.05) is 11.9 Å². The van der Waals surface area contributed by atoms with Gasteiger partial charge in [-0.15, -0.1) is 0 Å². The molecule has 1 unspecified atom stereocenters. The molecule has 1 rings (SSSR count). The molecular formula is C16H27NO2. The average molecular weight is 265 g/mol. The molecule has 0 radical (unpaired) electrons. The van der Waals surface area contributed by atoms with Crippen molar-refractivity contribution in [3.05, 3.63) is 24.3 Å². The summed E-state index contributed by atoms with van der Waals surface area (Å²) in [5.41, 5.74) is 0.930. The molecule has 3 N–H and O–H groups in total. The minimum atomic E-state index is -0.292. The Kier molecular flexibility index (Phi) is 8.07. The van der Waals surface area contributed by atoms with Crippen molar-refractivity contribution in [1.29, 1.82) is 0 Å². The number of anilines is 1. The Morgan fingerprint density at radius 2 is 1.63 bits per heavy atom. The SMILES string of the molecule is CCCCCCCCC(O)CNc1ccc(O)cc1. The van der Waals surface area contributed by atoms with Crippen LogP contribution in [0, 0.1) is 0 Å². The summed E-state index contributed by atoms with van der Waals surface area (Å²) in [5.74, 6) is 0.262. The predicted octanol–water partition coefficient (Wildman–Crippen LogP) is 3.92. The standard InChI is InChI=1S/C16H27NO2/c1-2-3-4-5-6-7-8-16(19)13-17-14-9-11-15(18)12-10-14/h9-12,16-19H,2-8,13H2,1H3. The number of hydrogen-bond acceptors (Lipinski definition) is 3. The maximum Gasteiger partial charge on any atom is 0.115 e. The molecule has 19 heavy (non-hydrogen) atoms. The molecule has 3 heteroatoms. The number of aliphatic hydroxyl groups excluding tert-OH is 1. The van der Waals surface area contributed by atoms with Gasteiger partial charge in [0.15, 0.2) is 0 Å². The van der Waals surface area contributed by atoms with Gasteiger partial charge >= 0.3 is 0 Å². The summed E-state index contributed by atoms with van der Waals surface area (Å²) in [6.07, 6.45) is 8.09. The number of benzene rings is 1. The number of unbranched alkanes of at least 4 members (excludes halogenated alkanes) is 5. The third-order valence-corrected chi connectivity index (χ3v) is 3.30. The number of phenolic OH excluding ortho intramolecular Hbond substituents is 1. The van der Waals surface area contributed by atoms with Gasteiger partial charge < -0.3 is 15.5 Å². The second-order valence-corrected chi connectivity index (χ2v) is 5.14. The van der Waals surface area contributed by atoms with Gasteiger partial charge in [-0.25, -0.2) is 0 Å². The van der Waals surface area contributed by atoms with Gasteiger partial charge in [0.2, 0.25) is 0 Å². The van der Waals surface area contributed by atoms with Crippen LogP contribution in [0.5, 0.6) is 5.75 Å². The maximum absolute atomic E-state index is 9.86. The van der Waals surface area contributed by atoms with Gasteiger partial charge in [0.1, 0.15) is 5.75 Å². The van der Waals surface area contributed by atoms with Crippen LogP contribution in [0.3, 0.4) is 0 Å². The lowest BCUT2D eigenvalue weighted by molar-refractivity contribution is 0.173. The molecule has 0 aliphatic heterocycles. The molecule has 3 nitrogen and oxygen atoms in total. The third-order valence-electron chi connectivity index (χ3n) is 3.30. The molecule has 0 aliphatic carbocycles. The van der Waals surface area contributed by atoms with E-state index in [0.29, 0.717) is 6.54 Å². The average Bonchev–Trinajstić information content (AvgIpc) is 2.42. The maximum atomic E-state index is 9.86. The number of hydrogen-bond donors (Lipinski definition) is 3. The fourth-order valence-electron chi connectivity index (χ4n) is 2.08. The quantitative estimate of drug-likeness (QED) is 0.444. The topological polar surface area (TPSA) is 52.5 Å². The zero-order valence-electron chi connectivity index (χ0n) is 11.9. The van der Waals surface area contributed by atoms with Crippen LogP contribution in [-0.2, 0) is 0 Å². The van der Waals surface area contributed by atoms with Gasteiger partial charge in [0.05, 0.1) is 6.10 Å². The summed E-state index contributed by atoms with van der Waals surface area (Å²) in [6.45, 7) is 2.79. The molecule has 108 valence electrons. The summed E-state index contributed by atoms with van der Waals surface area (Å²) in [6, 6.07) is 6.91. The molecule has 0 aromatic heterocycles. The van der Waals surface area contributed by atoms with Gasteiger partial charge in [-0.1, -0.05) is 45.4 Å². The molecule has 0 aliphatic rings. The first-order valence-electron chi connectivity index (χ1n) is 7.43. The van der Waals surface area contributed by atoms with E-state index in [-0.39, 0.29) is 11.9 Å². The Morgan fingerprint density at radius 1 is 1.00 bits per heavy atom. The molecule has 0 heterocycles. The Balaban J connectivity index is 2.04. The van der Waals surface area contributed by atoms with E-state index in [1.54, 1.807) is 12.1 Å². The van der Waals surface area contributed by atoms with Crippen molar-refractivity contribution in [3.63, 3.8) is 0 Å². The highest BCUT2D eigenvalue weighted by Gasteiger charge is 2.03. The number of nitrogens with one attached hydrogen (secondary N) is 1. The molecule has 0 bridgehead atoms. The van der Waals surface area contributed by atoms with Gasteiger partial charge in [0, 0.05) is 12.2 Å². The van der Waals surface area contributed by atoms with E-state index < -0.39 is 0 Å². The van der Waals surface area contributed by atoms with Crippen molar-refractivity contribution in [2.45, 2.75) is 58.0 Å². The monoisotopic (exact) mass is 265 g/mol. The van der Waals surface area contributed by atoms with E-state index in [1.165, 1.54) is 32.1 Å². The summed E-state index contributed by atoms with van der Waals surface area (Å²) in [7, 11) is 0. The van der Waals surface area contributed by atoms with Crippen molar-refractivity contribution in [1.82, 2.24) is 0 Å². The normalized spacial score (nSPS) is 12.3. The van der Waals surface area contributed by atoms with Gasteiger partial charge in [-0.2, -0.15) is 0 Å². The first-order chi connectivity index (χ1) is 9.22. The second-order valence-electron chi connectivity index (χ2n) is 5.14. The van der Waals surface area contributed by atoms with E-state index >= 15 is 0 Å². The molecule has 1 aromatic rings. The van der Waals surface area contributed by atoms with E-state index in [1.807, 2.05) is 12.1 Å². The van der Waals surface area contributed by atoms with Crippen molar-refractivity contribution < 1.29 is 10.2 Å². The molecule has 0 spiro atoms. The number of aliphatic hydroxyl groups is 1. The summed E-state index contributed by atoms with van der Waals surface area (Å²) >= 11 is 0. The van der Waals surface area contributed by atoms with E-state index in [4.69, 9.17) is 5.11 Å². The summed E-state index contributed by atoms with van der Waals surface area (Å²) < 4.78 is 0. The first-order valence-corrected chi connectivity index (χ1v) is 7.43. The van der Waals surface area contributed by atoms with E-state index in [9.17, 15) is 5.11 Å². The Morgan fingerprint density at radius 3 is 2.32 bits per heavy atom. The van der Waals surface area contributed by atoms with Gasteiger partial charge in [0.25, 0.3) is 0 Å². The van der Waals surface area contributed by atoms with E-state index in [2.05, 4.69) is 12.2 Å². The van der Waals surface area contributed by atoms with Crippen molar-refractivity contribution in [2.24, 2.45) is 0 Å². The fourth-order valence-corrected chi connectivity index (χ4v) is 2.08. The Bertz CT molecular complexity index is 324. The highest BCUT2D eigenvalue weighted by atomic mass is 16.3. The smallest absolute Gasteiger partial charge is 0.115 e. The lowest BCUT2D eigenvalue weighted by Crippen LogP contribution is -2.19. The number of phenols is 1. The summed E-state index contributed by atoms with van der Waals surface area (Å²) in [4.78, 5) is 0. The Labute approximate surface area is 116 Å². The van der Waals surface area contributed by atoms with Crippen LogP contribution in [0.4, 0.5) is 5.69 Å². The van der Waals surface area contributed by atoms with Gasteiger partial charge in [-0.3, -0.25) is 0 Å². The fraction of sp³-hybridized carbons (Fsp3) is 0.625. The predicted molar refractivity (Wildman–Crippen MR) is 80.6 cm³/mol. The first kappa shape index (κ1) is 15.8. The van der Waals surface area contributed by atoms with Crippen LogP contribution in [0.1, 0.15) is 51.9 Å². The van der Waals surface area contributed by atoms with Crippen LogP contribution >= 0.6 is 0 Å². The highest BCUT2D eigenvalue weighted by molar-refractivity contribution is 5.45. The number of aromatic hydroxyl groups is 1. The van der Waals surface area contributed by atoms with Crippen LogP contribution in [-0.4, -0.2) is 22.9 Å². The lowest BCUT2D eigenvalue weighted by Gasteiger charge is -2.12. The van der Waals surface area contributed by atoms with Crippen LogP contribution in [0.25, 0.3) is 0 Å². The van der Waals surface area contributed by atoms with Crippen LogP contribution in [0.2, 0.25) is 0 Å². The number of rotatable bonds is 10. The molecule has 0 saturated carbocycles.